The first-order valence-corrected chi connectivity index (χ1v) is 7.68. The Kier molecular flexibility index (Phi) is 8.07. The lowest BCUT2D eigenvalue weighted by atomic mass is 10.0. The Morgan fingerprint density at radius 3 is 2.47 bits per heavy atom. The van der Waals surface area contributed by atoms with E-state index in [2.05, 4.69) is 23.9 Å². The average Bonchev–Trinajstić information content (AvgIpc) is 2.39. The molecule has 0 aliphatic carbocycles. The second-order valence-electron chi connectivity index (χ2n) is 5.65. The number of hydrogen-bond donors (Lipinski definition) is 0. The number of esters is 1. The Labute approximate surface area is 118 Å². The summed E-state index contributed by atoms with van der Waals surface area (Å²) < 4.78 is 4.92. The molecule has 0 spiro atoms. The van der Waals surface area contributed by atoms with E-state index in [1.807, 2.05) is 6.92 Å². The molecule has 0 aromatic rings. The van der Waals surface area contributed by atoms with E-state index in [-0.39, 0.29) is 5.97 Å². The minimum atomic E-state index is -0.0469. The largest absolute Gasteiger partial charge is 0.466 e. The molecule has 1 aliphatic heterocycles. The van der Waals surface area contributed by atoms with Crippen molar-refractivity contribution in [3.05, 3.63) is 0 Å². The first kappa shape index (κ1) is 16.4. The predicted molar refractivity (Wildman–Crippen MR) is 78.3 cm³/mol. The van der Waals surface area contributed by atoms with Gasteiger partial charge in [-0.3, -0.25) is 4.79 Å². The molecule has 1 saturated heterocycles. The smallest absolute Gasteiger partial charge is 0.305 e. The SMILES string of the molecule is CCOC(=O)CCCCCN1CCC(N(C)C)CC1. The third kappa shape index (κ3) is 6.92. The van der Waals surface area contributed by atoms with Crippen LogP contribution in [-0.4, -0.2) is 62.1 Å². The number of unbranched alkanes of at least 4 members (excludes halogenated alkanes) is 2. The van der Waals surface area contributed by atoms with Crippen LogP contribution >= 0.6 is 0 Å². The van der Waals surface area contributed by atoms with Crippen LogP contribution in [-0.2, 0) is 9.53 Å². The van der Waals surface area contributed by atoms with Gasteiger partial charge in [0.25, 0.3) is 0 Å². The lowest BCUT2D eigenvalue weighted by molar-refractivity contribution is -0.143. The van der Waals surface area contributed by atoms with E-state index in [9.17, 15) is 4.79 Å². The van der Waals surface area contributed by atoms with Crippen molar-refractivity contribution in [1.82, 2.24) is 9.80 Å². The van der Waals surface area contributed by atoms with Gasteiger partial charge in [0.2, 0.25) is 0 Å². The molecule has 1 heterocycles. The normalized spacial score (nSPS) is 17.9. The van der Waals surface area contributed by atoms with Gasteiger partial charge in [0, 0.05) is 12.5 Å². The predicted octanol–water partition coefficient (Wildman–Crippen LogP) is 2.14. The molecule has 0 radical (unpaired) electrons. The van der Waals surface area contributed by atoms with Crippen molar-refractivity contribution in [1.29, 1.82) is 0 Å². The maximum absolute atomic E-state index is 11.2. The third-order valence-electron chi connectivity index (χ3n) is 3.95. The fourth-order valence-corrected chi connectivity index (χ4v) is 2.67. The molecular formula is C15H30N2O2. The van der Waals surface area contributed by atoms with Crippen molar-refractivity contribution >= 4 is 5.97 Å². The van der Waals surface area contributed by atoms with Gasteiger partial charge in [-0.05, 0) is 66.3 Å². The van der Waals surface area contributed by atoms with E-state index in [0.717, 1.165) is 18.9 Å². The Hall–Kier alpha value is -0.610. The Morgan fingerprint density at radius 1 is 1.21 bits per heavy atom. The monoisotopic (exact) mass is 270 g/mol. The second-order valence-corrected chi connectivity index (χ2v) is 5.65. The topological polar surface area (TPSA) is 32.8 Å². The fraction of sp³-hybridized carbons (Fsp3) is 0.933. The fourth-order valence-electron chi connectivity index (χ4n) is 2.67. The summed E-state index contributed by atoms with van der Waals surface area (Å²) in [6.07, 6.45) is 6.45. The van der Waals surface area contributed by atoms with Crippen molar-refractivity contribution in [2.75, 3.05) is 40.3 Å². The van der Waals surface area contributed by atoms with Crippen molar-refractivity contribution in [2.24, 2.45) is 0 Å². The summed E-state index contributed by atoms with van der Waals surface area (Å²) in [6, 6.07) is 0.764. The molecule has 0 aromatic carbocycles. The van der Waals surface area contributed by atoms with Gasteiger partial charge in [0.15, 0.2) is 0 Å². The first-order valence-electron chi connectivity index (χ1n) is 7.68. The lowest BCUT2D eigenvalue weighted by Crippen LogP contribution is -2.42. The molecule has 1 fully saturated rings. The van der Waals surface area contributed by atoms with Crippen LogP contribution in [0.3, 0.4) is 0 Å². The van der Waals surface area contributed by atoms with Crippen molar-refractivity contribution in [3.63, 3.8) is 0 Å². The number of ether oxygens (including phenoxy) is 1. The van der Waals surface area contributed by atoms with Crippen LogP contribution in [0, 0.1) is 0 Å². The summed E-state index contributed by atoms with van der Waals surface area (Å²) >= 11 is 0. The zero-order chi connectivity index (χ0) is 14.1. The maximum atomic E-state index is 11.2. The molecule has 4 nitrogen and oxygen atoms in total. The number of rotatable bonds is 8. The van der Waals surface area contributed by atoms with E-state index in [4.69, 9.17) is 4.74 Å². The van der Waals surface area contributed by atoms with Crippen molar-refractivity contribution < 1.29 is 9.53 Å². The van der Waals surface area contributed by atoms with Crippen molar-refractivity contribution in [3.8, 4) is 0 Å². The van der Waals surface area contributed by atoms with Gasteiger partial charge in [-0.1, -0.05) is 6.42 Å². The quantitative estimate of drug-likeness (QED) is 0.500. The first-order chi connectivity index (χ1) is 9.13. The lowest BCUT2D eigenvalue weighted by Gasteiger charge is -2.35. The summed E-state index contributed by atoms with van der Waals surface area (Å²) in [5.74, 6) is -0.0469. The Bertz CT molecular complexity index is 249. The molecule has 1 aliphatic rings. The zero-order valence-electron chi connectivity index (χ0n) is 12.9. The number of carbonyl (C=O) groups excluding carboxylic acids is 1. The number of likely N-dealkylation sites (tertiary alicyclic amines) is 1. The van der Waals surface area contributed by atoms with E-state index in [1.165, 1.54) is 38.9 Å². The standard InChI is InChI=1S/C15H30N2O2/c1-4-19-15(18)8-6-5-7-11-17-12-9-14(10-13-17)16(2)3/h14H,4-13H2,1-3H3. The highest BCUT2D eigenvalue weighted by molar-refractivity contribution is 5.69. The molecular weight excluding hydrogens is 240 g/mol. The molecule has 0 atom stereocenters. The summed E-state index contributed by atoms with van der Waals surface area (Å²) in [5, 5.41) is 0. The zero-order valence-corrected chi connectivity index (χ0v) is 12.9. The van der Waals surface area contributed by atoms with Crippen LogP contribution in [0.5, 0.6) is 0 Å². The molecule has 0 amide bonds. The van der Waals surface area contributed by atoms with Crippen molar-refractivity contribution in [2.45, 2.75) is 51.5 Å². The van der Waals surface area contributed by atoms with Gasteiger partial charge >= 0.3 is 5.97 Å². The molecule has 1 rings (SSSR count). The van der Waals surface area contributed by atoms with Gasteiger partial charge in [0.05, 0.1) is 6.61 Å². The highest BCUT2D eigenvalue weighted by Gasteiger charge is 2.19. The van der Waals surface area contributed by atoms with Crippen LogP contribution in [0.25, 0.3) is 0 Å². The molecule has 0 aromatic heterocycles. The number of nitrogens with zero attached hydrogens (tertiary/aromatic N) is 2. The van der Waals surface area contributed by atoms with Gasteiger partial charge < -0.3 is 14.5 Å². The molecule has 0 unspecified atom stereocenters. The Balaban J connectivity index is 1.98. The van der Waals surface area contributed by atoms with E-state index < -0.39 is 0 Å². The number of carbonyl (C=O) groups is 1. The summed E-state index contributed by atoms with van der Waals surface area (Å²) in [5.41, 5.74) is 0. The van der Waals surface area contributed by atoms with E-state index in [0.29, 0.717) is 13.0 Å². The van der Waals surface area contributed by atoms with Crippen LogP contribution < -0.4 is 0 Å². The molecule has 4 heteroatoms. The maximum Gasteiger partial charge on any atom is 0.305 e. The molecule has 19 heavy (non-hydrogen) atoms. The van der Waals surface area contributed by atoms with Crippen LogP contribution in [0.15, 0.2) is 0 Å². The third-order valence-corrected chi connectivity index (χ3v) is 3.95. The van der Waals surface area contributed by atoms with Gasteiger partial charge in [0.1, 0.15) is 0 Å². The highest BCUT2D eigenvalue weighted by Crippen LogP contribution is 2.15. The second kappa shape index (κ2) is 9.32. The van der Waals surface area contributed by atoms with Gasteiger partial charge in [-0.2, -0.15) is 0 Å². The Morgan fingerprint density at radius 2 is 1.89 bits per heavy atom. The average molecular weight is 270 g/mol. The number of hydrogen-bond acceptors (Lipinski definition) is 4. The van der Waals surface area contributed by atoms with Crippen LogP contribution in [0.2, 0.25) is 0 Å². The molecule has 112 valence electrons. The highest BCUT2D eigenvalue weighted by atomic mass is 16.5. The summed E-state index contributed by atoms with van der Waals surface area (Å²) in [4.78, 5) is 16.1. The molecule has 0 N–H and O–H groups in total. The number of piperidine rings is 1. The van der Waals surface area contributed by atoms with Crippen LogP contribution in [0.1, 0.15) is 45.4 Å². The minimum Gasteiger partial charge on any atom is -0.466 e. The minimum absolute atomic E-state index is 0.0469. The van der Waals surface area contributed by atoms with Crippen LogP contribution in [0.4, 0.5) is 0 Å². The van der Waals surface area contributed by atoms with E-state index >= 15 is 0 Å². The van der Waals surface area contributed by atoms with E-state index in [1.54, 1.807) is 0 Å². The summed E-state index contributed by atoms with van der Waals surface area (Å²) in [6.45, 7) is 5.99. The van der Waals surface area contributed by atoms with Gasteiger partial charge in [-0.25, -0.2) is 0 Å². The molecule has 0 saturated carbocycles. The van der Waals surface area contributed by atoms with Gasteiger partial charge in [-0.15, -0.1) is 0 Å². The molecule has 0 bridgehead atoms. The summed E-state index contributed by atoms with van der Waals surface area (Å²) in [7, 11) is 4.35.